The van der Waals surface area contributed by atoms with Gasteiger partial charge in [-0.3, -0.25) is 4.79 Å². The van der Waals surface area contributed by atoms with Crippen molar-refractivity contribution in [1.29, 1.82) is 0 Å². The van der Waals surface area contributed by atoms with Crippen LogP contribution in [0.25, 0.3) is 10.8 Å². The Kier molecular flexibility index (Phi) is 7.04. The predicted molar refractivity (Wildman–Crippen MR) is 131 cm³/mol. The molecule has 0 unspecified atom stereocenters. The van der Waals surface area contributed by atoms with E-state index < -0.39 is 0 Å². The summed E-state index contributed by atoms with van der Waals surface area (Å²) in [4.78, 5) is 21.2. The van der Waals surface area contributed by atoms with Crippen LogP contribution in [0.5, 0.6) is 17.4 Å². The number of nitrogens with zero attached hydrogens (tertiary/aromatic N) is 2. The highest BCUT2D eigenvalue weighted by atomic mass is 16.5. The molecule has 0 fully saturated rings. The normalized spacial score (nSPS) is 10.6. The first-order chi connectivity index (χ1) is 16.6. The number of hydrogen-bond donors (Lipinski definition) is 3. The average molecular weight is 460 g/mol. The van der Waals surface area contributed by atoms with E-state index in [1.165, 1.54) is 7.11 Å². The summed E-state index contributed by atoms with van der Waals surface area (Å²) in [6.07, 6.45) is 1.59. The topological polar surface area (TPSA) is 121 Å². The summed E-state index contributed by atoms with van der Waals surface area (Å²) in [5.41, 5.74) is 7.78. The monoisotopic (exact) mass is 459 g/mol. The third-order valence-electron chi connectivity index (χ3n) is 5.01. The molecule has 0 aliphatic heterocycles. The smallest absolute Gasteiger partial charge is 0.251 e. The molecule has 0 bridgehead atoms. The number of anilines is 3. The Balaban J connectivity index is 1.55. The van der Waals surface area contributed by atoms with E-state index in [0.29, 0.717) is 53.4 Å². The standard InChI is InChI=1S/C25H25N5O4/c1-32-12-11-27-24(31)16-13-17(15-18(14-16)33-2)29-25-28-10-9-23(30-25)34-22-8-7-21(26)19-5-3-4-6-20(19)22/h3-10,13-15H,11-12,26H2,1-2H3,(H,27,31)(H,28,29,30). The molecule has 0 aliphatic carbocycles. The van der Waals surface area contributed by atoms with E-state index in [1.54, 1.807) is 43.6 Å². The lowest BCUT2D eigenvalue weighted by Gasteiger charge is -2.12. The molecule has 9 heteroatoms. The highest BCUT2D eigenvalue weighted by Gasteiger charge is 2.11. The van der Waals surface area contributed by atoms with Crippen molar-refractivity contribution in [2.24, 2.45) is 0 Å². The van der Waals surface area contributed by atoms with Crippen LogP contribution in [0.3, 0.4) is 0 Å². The van der Waals surface area contributed by atoms with Gasteiger partial charge in [0.05, 0.1) is 13.7 Å². The Hall–Kier alpha value is -4.37. The van der Waals surface area contributed by atoms with Crippen LogP contribution in [0, 0.1) is 0 Å². The van der Waals surface area contributed by atoms with Gasteiger partial charge in [0.25, 0.3) is 5.91 Å². The Morgan fingerprint density at radius 2 is 1.85 bits per heavy atom. The van der Waals surface area contributed by atoms with Crippen molar-refractivity contribution >= 4 is 34.0 Å². The molecule has 0 aliphatic rings. The van der Waals surface area contributed by atoms with E-state index in [1.807, 2.05) is 30.3 Å². The second-order valence-corrected chi connectivity index (χ2v) is 7.34. The molecule has 1 aromatic heterocycles. The van der Waals surface area contributed by atoms with E-state index in [2.05, 4.69) is 20.6 Å². The summed E-state index contributed by atoms with van der Waals surface area (Å²) in [6.45, 7) is 0.822. The van der Waals surface area contributed by atoms with Crippen molar-refractivity contribution in [3.05, 3.63) is 72.4 Å². The van der Waals surface area contributed by atoms with Crippen LogP contribution in [-0.4, -0.2) is 43.2 Å². The van der Waals surface area contributed by atoms with Crippen LogP contribution in [0.4, 0.5) is 17.3 Å². The number of amides is 1. The minimum absolute atomic E-state index is 0.243. The summed E-state index contributed by atoms with van der Waals surface area (Å²) in [5.74, 6) is 1.56. The molecule has 9 nitrogen and oxygen atoms in total. The van der Waals surface area contributed by atoms with Crippen molar-refractivity contribution in [3.8, 4) is 17.4 Å². The Morgan fingerprint density at radius 3 is 2.65 bits per heavy atom. The fourth-order valence-corrected chi connectivity index (χ4v) is 3.37. The van der Waals surface area contributed by atoms with Crippen molar-refractivity contribution < 1.29 is 19.0 Å². The van der Waals surface area contributed by atoms with Gasteiger partial charge in [-0.25, -0.2) is 4.98 Å². The first-order valence-corrected chi connectivity index (χ1v) is 10.6. The van der Waals surface area contributed by atoms with Gasteiger partial charge in [-0.2, -0.15) is 4.98 Å². The molecule has 34 heavy (non-hydrogen) atoms. The second kappa shape index (κ2) is 10.5. The van der Waals surface area contributed by atoms with Crippen LogP contribution in [0.1, 0.15) is 10.4 Å². The zero-order valence-corrected chi connectivity index (χ0v) is 18.9. The molecule has 1 heterocycles. The molecule has 4 rings (SSSR count). The molecular weight excluding hydrogens is 434 g/mol. The number of benzene rings is 3. The number of methoxy groups -OCH3 is 2. The second-order valence-electron chi connectivity index (χ2n) is 7.34. The van der Waals surface area contributed by atoms with Crippen molar-refractivity contribution in [2.75, 3.05) is 38.4 Å². The van der Waals surface area contributed by atoms with Crippen LogP contribution in [-0.2, 0) is 4.74 Å². The number of fused-ring (bicyclic) bond motifs is 1. The fraction of sp³-hybridized carbons (Fsp3) is 0.160. The number of nitrogens with two attached hydrogens (primary N) is 1. The number of carbonyl (C=O) groups is 1. The van der Waals surface area contributed by atoms with Gasteiger partial charge in [0.15, 0.2) is 0 Å². The molecule has 0 spiro atoms. The van der Waals surface area contributed by atoms with Gasteiger partial charge in [0.2, 0.25) is 11.8 Å². The summed E-state index contributed by atoms with van der Waals surface area (Å²) in [7, 11) is 3.11. The molecule has 1 amide bonds. The third kappa shape index (κ3) is 5.33. The van der Waals surface area contributed by atoms with Gasteiger partial charge >= 0.3 is 0 Å². The Morgan fingerprint density at radius 1 is 1.03 bits per heavy atom. The SMILES string of the molecule is COCCNC(=O)c1cc(Nc2nccc(Oc3ccc(N)c4ccccc34)n2)cc(OC)c1. The predicted octanol–water partition coefficient (Wildman–Crippen LogP) is 4.13. The summed E-state index contributed by atoms with van der Waals surface area (Å²) in [6, 6.07) is 18.1. The minimum atomic E-state index is -0.243. The van der Waals surface area contributed by atoms with E-state index in [9.17, 15) is 4.79 Å². The molecule has 0 saturated heterocycles. The number of ether oxygens (including phenoxy) is 3. The first-order valence-electron chi connectivity index (χ1n) is 10.6. The summed E-state index contributed by atoms with van der Waals surface area (Å²) >= 11 is 0. The highest BCUT2D eigenvalue weighted by molar-refractivity contribution is 5.97. The van der Waals surface area contributed by atoms with Crippen LogP contribution in [0.15, 0.2) is 66.9 Å². The minimum Gasteiger partial charge on any atom is -0.497 e. The van der Waals surface area contributed by atoms with E-state index in [4.69, 9.17) is 19.9 Å². The van der Waals surface area contributed by atoms with Crippen molar-refractivity contribution in [1.82, 2.24) is 15.3 Å². The number of hydrogen-bond acceptors (Lipinski definition) is 8. The lowest BCUT2D eigenvalue weighted by Crippen LogP contribution is -2.27. The molecule has 4 aromatic rings. The maximum absolute atomic E-state index is 12.5. The Labute approximate surface area is 196 Å². The highest BCUT2D eigenvalue weighted by Crippen LogP contribution is 2.33. The number of aromatic nitrogens is 2. The molecule has 174 valence electrons. The summed E-state index contributed by atoms with van der Waals surface area (Å²) in [5, 5.41) is 7.68. The number of rotatable bonds is 9. The molecule has 0 atom stereocenters. The van der Waals surface area contributed by atoms with Crippen LogP contribution in [0.2, 0.25) is 0 Å². The molecule has 0 radical (unpaired) electrons. The molecule has 0 saturated carbocycles. The lowest BCUT2D eigenvalue weighted by molar-refractivity contribution is 0.0937. The van der Waals surface area contributed by atoms with Gasteiger partial charge in [-0.1, -0.05) is 24.3 Å². The third-order valence-corrected chi connectivity index (χ3v) is 5.01. The zero-order chi connectivity index (χ0) is 23.9. The number of nitrogens with one attached hydrogen (secondary N) is 2. The van der Waals surface area contributed by atoms with Crippen LogP contribution >= 0.6 is 0 Å². The first kappa shape index (κ1) is 22.8. The maximum Gasteiger partial charge on any atom is 0.251 e. The summed E-state index contributed by atoms with van der Waals surface area (Å²) < 4.78 is 16.4. The van der Waals surface area contributed by atoms with Gasteiger partial charge in [-0.05, 0) is 24.3 Å². The zero-order valence-electron chi connectivity index (χ0n) is 18.9. The van der Waals surface area contributed by atoms with Gasteiger partial charge < -0.3 is 30.6 Å². The van der Waals surface area contributed by atoms with Crippen molar-refractivity contribution in [3.63, 3.8) is 0 Å². The van der Waals surface area contributed by atoms with Gasteiger partial charge in [0.1, 0.15) is 11.5 Å². The number of nitrogen functional groups attached to an aromatic ring is 1. The maximum atomic E-state index is 12.5. The lowest BCUT2D eigenvalue weighted by atomic mass is 10.1. The molecule has 3 aromatic carbocycles. The average Bonchev–Trinajstić information content (AvgIpc) is 2.86. The number of carbonyl (C=O) groups excluding carboxylic acids is 1. The molecular formula is C25H25N5O4. The van der Waals surface area contributed by atoms with Crippen molar-refractivity contribution in [2.45, 2.75) is 0 Å². The molecule has 4 N–H and O–H groups in total. The fourth-order valence-electron chi connectivity index (χ4n) is 3.37. The van der Waals surface area contributed by atoms with E-state index >= 15 is 0 Å². The largest absolute Gasteiger partial charge is 0.497 e. The quantitative estimate of drug-likeness (QED) is 0.252. The van der Waals surface area contributed by atoms with Gasteiger partial charge in [0, 0.05) is 59.7 Å². The Bertz CT molecular complexity index is 1310. The van der Waals surface area contributed by atoms with E-state index in [-0.39, 0.29) is 5.91 Å². The van der Waals surface area contributed by atoms with Gasteiger partial charge in [-0.15, -0.1) is 0 Å². The van der Waals surface area contributed by atoms with E-state index in [0.717, 1.165) is 10.8 Å². The van der Waals surface area contributed by atoms with Crippen LogP contribution < -0.4 is 25.8 Å².